The predicted molar refractivity (Wildman–Crippen MR) is 165 cm³/mol. The van der Waals surface area contributed by atoms with Crippen LogP contribution in [-0.4, -0.2) is 0 Å². The lowest BCUT2D eigenvalue weighted by atomic mass is 10.0. The van der Waals surface area contributed by atoms with E-state index in [9.17, 15) is 0 Å². The van der Waals surface area contributed by atoms with Crippen molar-refractivity contribution in [3.8, 4) is 0 Å². The molecule has 0 unspecified atom stereocenters. The van der Waals surface area contributed by atoms with Crippen LogP contribution in [0.15, 0.2) is 109 Å². The van der Waals surface area contributed by atoms with Gasteiger partial charge in [-0.2, -0.15) is 0 Å². The smallest absolute Gasteiger partial charge is 0.0511 e. The highest BCUT2D eigenvalue weighted by Gasteiger charge is 2.21. The molecule has 0 amide bonds. The molecule has 0 bridgehead atoms. The Labute approximate surface area is 235 Å². The lowest BCUT2D eigenvalue weighted by molar-refractivity contribution is 1.20. The van der Waals surface area contributed by atoms with Crippen LogP contribution in [0.4, 0.5) is 34.1 Å². The van der Waals surface area contributed by atoms with Gasteiger partial charge >= 0.3 is 0 Å². The van der Waals surface area contributed by atoms with Gasteiger partial charge in [0.05, 0.1) is 11.4 Å². The summed E-state index contributed by atoms with van der Waals surface area (Å²) in [7, 11) is 0. The van der Waals surface area contributed by atoms with Gasteiger partial charge < -0.3 is 9.80 Å². The molecule has 4 heteroatoms. The van der Waals surface area contributed by atoms with E-state index in [0.29, 0.717) is 10.0 Å². The summed E-state index contributed by atoms with van der Waals surface area (Å²) in [5.41, 5.74) is 11.3. The minimum Gasteiger partial charge on any atom is -0.310 e. The summed E-state index contributed by atoms with van der Waals surface area (Å²) in [6.07, 6.45) is 0. The first-order valence-corrected chi connectivity index (χ1v) is 13.4. The van der Waals surface area contributed by atoms with Crippen molar-refractivity contribution < 1.29 is 0 Å². The van der Waals surface area contributed by atoms with Crippen LogP contribution in [0.25, 0.3) is 0 Å². The molecule has 0 N–H and O–H groups in total. The number of anilines is 6. The molecule has 190 valence electrons. The summed E-state index contributed by atoms with van der Waals surface area (Å²) in [6, 6.07) is 37.8. The molecule has 0 heterocycles. The van der Waals surface area contributed by atoms with Gasteiger partial charge in [0.1, 0.15) is 0 Å². The van der Waals surface area contributed by atoms with Crippen LogP contribution < -0.4 is 9.80 Å². The SMILES string of the molecule is Cc1ccc(N(c2ccc(C)cc2)c2cc(N(c3ccc(Cl)cc3)c3ccc(Cl)cc3)c(C)cc2C)cc1. The van der Waals surface area contributed by atoms with Gasteiger partial charge in [0.15, 0.2) is 0 Å². The molecule has 0 fully saturated rings. The Morgan fingerprint density at radius 3 is 1.00 bits per heavy atom. The summed E-state index contributed by atoms with van der Waals surface area (Å²) in [4.78, 5) is 4.59. The average molecular weight is 538 g/mol. The fraction of sp³-hybridized carbons (Fsp3) is 0.118. The summed E-state index contributed by atoms with van der Waals surface area (Å²) in [5.74, 6) is 0. The first kappa shape index (κ1) is 25.9. The van der Waals surface area contributed by atoms with E-state index < -0.39 is 0 Å². The van der Waals surface area contributed by atoms with E-state index in [1.165, 1.54) is 22.3 Å². The summed E-state index contributed by atoms with van der Waals surface area (Å²) in [6.45, 7) is 8.57. The molecule has 5 rings (SSSR count). The van der Waals surface area contributed by atoms with Gasteiger partial charge in [0, 0.05) is 32.8 Å². The maximum atomic E-state index is 6.26. The number of nitrogens with zero attached hydrogens (tertiary/aromatic N) is 2. The first-order chi connectivity index (χ1) is 18.3. The normalized spacial score (nSPS) is 10.9. The molecule has 0 radical (unpaired) electrons. The third kappa shape index (κ3) is 5.43. The summed E-state index contributed by atoms with van der Waals surface area (Å²) in [5, 5.41) is 1.41. The molecular weight excluding hydrogens is 507 g/mol. The zero-order valence-electron chi connectivity index (χ0n) is 22.0. The summed E-state index contributed by atoms with van der Waals surface area (Å²) < 4.78 is 0. The maximum Gasteiger partial charge on any atom is 0.0511 e. The minimum atomic E-state index is 0.705. The van der Waals surface area contributed by atoms with E-state index in [1.54, 1.807) is 0 Å². The molecule has 5 aromatic carbocycles. The van der Waals surface area contributed by atoms with Crippen molar-refractivity contribution in [2.45, 2.75) is 27.7 Å². The van der Waals surface area contributed by atoms with Crippen LogP contribution in [0.2, 0.25) is 10.0 Å². The van der Waals surface area contributed by atoms with Crippen molar-refractivity contribution in [3.63, 3.8) is 0 Å². The van der Waals surface area contributed by atoms with Crippen LogP contribution in [0, 0.1) is 27.7 Å². The van der Waals surface area contributed by atoms with Crippen molar-refractivity contribution in [3.05, 3.63) is 141 Å². The molecule has 0 aliphatic carbocycles. The largest absolute Gasteiger partial charge is 0.310 e. The van der Waals surface area contributed by atoms with E-state index in [0.717, 1.165) is 34.1 Å². The second-order valence-corrected chi connectivity index (χ2v) is 10.6. The zero-order valence-corrected chi connectivity index (χ0v) is 23.6. The Morgan fingerprint density at radius 2 is 0.684 bits per heavy atom. The number of rotatable bonds is 6. The van der Waals surface area contributed by atoms with E-state index in [2.05, 4.69) is 98.2 Å². The lowest BCUT2D eigenvalue weighted by Gasteiger charge is -2.32. The Morgan fingerprint density at radius 1 is 0.395 bits per heavy atom. The van der Waals surface area contributed by atoms with Crippen LogP contribution in [-0.2, 0) is 0 Å². The lowest BCUT2D eigenvalue weighted by Crippen LogP contribution is -2.15. The molecule has 38 heavy (non-hydrogen) atoms. The van der Waals surface area contributed by atoms with Crippen molar-refractivity contribution in [1.82, 2.24) is 0 Å². The number of aryl methyl sites for hydroxylation is 4. The standard InChI is InChI=1S/C34H30Cl2N2/c1-23-5-13-29(14-6-23)37(30-15-7-24(2)8-16-30)33-22-34(26(4)21-25(33)3)38(31-17-9-27(35)10-18-31)32-19-11-28(36)12-20-32/h5-22H,1-4H3. The summed E-state index contributed by atoms with van der Waals surface area (Å²) >= 11 is 12.5. The highest BCUT2D eigenvalue weighted by Crippen LogP contribution is 2.44. The molecule has 0 atom stereocenters. The maximum absolute atomic E-state index is 6.26. The third-order valence-electron chi connectivity index (χ3n) is 6.75. The highest BCUT2D eigenvalue weighted by atomic mass is 35.5. The molecule has 0 saturated carbocycles. The predicted octanol–water partition coefficient (Wildman–Crippen LogP) is 11.2. The number of hydrogen-bond acceptors (Lipinski definition) is 2. The fourth-order valence-corrected chi connectivity index (χ4v) is 4.99. The van der Waals surface area contributed by atoms with Crippen LogP contribution in [0.3, 0.4) is 0 Å². The quantitative estimate of drug-likeness (QED) is 0.213. The highest BCUT2D eigenvalue weighted by molar-refractivity contribution is 6.31. The number of benzene rings is 5. The third-order valence-corrected chi connectivity index (χ3v) is 7.25. The van der Waals surface area contributed by atoms with Gasteiger partial charge in [-0.25, -0.2) is 0 Å². The van der Waals surface area contributed by atoms with E-state index in [-0.39, 0.29) is 0 Å². The van der Waals surface area contributed by atoms with E-state index in [4.69, 9.17) is 23.2 Å². The molecule has 2 nitrogen and oxygen atoms in total. The molecule has 0 aliphatic heterocycles. The molecule has 5 aromatic rings. The molecule has 0 spiro atoms. The van der Waals surface area contributed by atoms with Crippen molar-refractivity contribution >= 4 is 57.3 Å². The second-order valence-electron chi connectivity index (χ2n) is 9.72. The van der Waals surface area contributed by atoms with Crippen LogP contribution >= 0.6 is 23.2 Å². The van der Waals surface area contributed by atoms with Gasteiger partial charge in [0.2, 0.25) is 0 Å². The monoisotopic (exact) mass is 536 g/mol. The molecule has 0 saturated heterocycles. The first-order valence-electron chi connectivity index (χ1n) is 12.7. The van der Waals surface area contributed by atoms with Gasteiger partial charge in [-0.1, -0.05) is 64.7 Å². The van der Waals surface area contributed by atoms with Gasteiger partial charge in [-0.3, -0.25) is 0 Å². The Balaban J connectivity index is 1.73. The Kier molecular flexibility index (Phi) is 7.46. The second kappa shape index (κ2) is 10.9. The zero-order chi connectivity index (χ0) is 26.8. The molecular formula is C34H30Cl2N2. The average Bonchev–Trinajstić information content (AvgIpc) is 2.91. The van der Waals surface area contributed by atoms with E-state index in [1.807, 2.05) is 48.5 Å². The molecule has 0 aromatic heterocycles. The Bertz CT molecular complexity index is 1330. The Hall–Kier alpha value is -3.72. The minimum absolute atomic E-state index is 0.705. The van der Waals surface area contributed by atoms with Crippen LogP contribution in [0.1, 0.15) is 22.3 Å². The molecule has 0 aliphatic rings. The van der Waals surface area contributed by atoms with Crippen LogP contribution in [0.5, 0.6) is 0 Å². The van der Waals surface area contributed by atoms with Crippen molar-refractivity contribution in [2.24, 2.45) is 0 Å². The van der Waals surface area contributed by atoms with Gasteiger partial charge in [-0.05, 0) is 118 Å². The van der Waals surface area contributed by atoms with Gasteiger partial charge in [-0.15, -0.1) is 0 Å². The van der Waals surface area contributed by atoms with Crippen molar-refractivity contribution in [1.29, 1.82) is 0 Å². The number of halogens is 2. The number of hydrogen-bond donors (Lipinski definition) is 0. The van der Waals surface area contributed by atoms with Gasteiger partial charge in [0.25, 0.3) is 0 Å². The van der Waals surface area contributed by atoms with Crippen molar-refractivity contribution in [2.75, 3.05) is 9.80 Å². The topological polar surface area (TPSA) is 6.48 Å². The van der Waals surface area contributed by atoms with E-state index >= 15 is 0 Å². The fourth-order valence-electron chi connectivity index (χ4n) is 4.73.